The fourth-order valence-electron chi connectivity index (χ4n) is 1.43. The van der Waals surface area contributed by atoms with Crippen LogP contribution >= 0.6 is 15.9 Å². The second-order valence-electron chi connectivity index (χ2n) is 3.35. The van der Waals surface area contributed by atoms with Crippen molar-refractivity contribution in [2.75, 3.05) is 12.4 Å². The van der Waals surface area contributed by atoms with E-state index in [1.807, 2.05) is 7.05 Å². The third-order valence-corrected chi connectivity index (χ3v) is 3.14. The molecule has 0 atom stereocenters. The number of anilines is 1. The first-order valence-electron chi connectivity index (χ1n) is 5.26. The third-order valence-electron chi connectivity index (χ3n) is 2.30. The van der Waals surface area contributed by atoms with Crippen LogP contribution in [0.2, 0.25) is 0 Å². The highest BCUT2D eigenvalue weighted by molar-refractivity contribution is 9.10. The zero-order chi connectivity index (χ0) is 12.3. The first-order valence-corrected chi connectivity index (χ1v) is 6.06. The summed E-state index contributed by atoms with van der Waals surface area (Å²) in [4.78, 5) is 16.9. The Kier molecular flexibility index (Phi) is 3.63. The second-order valence-corrected chi connectivity index (χ2v) is 4.15. The average Bonchev–Trinajstić information content (AvgIpc) is 2.40. The van der Waals surface area contributed by atoms with Crippen LogP contribution in [0.1, 0.15) is 12.6 Å². The molecule has 0 radical (unpaired) electrons. The minimum atomic E-state index is 0.608. The van der Waals surface area contributed by atoms with Crippen molar-refractivity contribution < 1.29 is 0 Å². The van der Waals surface area contributed by atoms with E-state index >= 15 is 0 Å². The van der Waals surface area contributed by atoms with Gasteiger partial charge >= 0.3 is 0 Å². The summed E-state index contributed by atoms with van der Waals surface area (Å²) in [5, 5.41) is 3.04. The molecular formula is C11H12BrN5. The number of halogens is 1. The van der Waals surface area contributed by atoms with Gasteiger partial charge in [0, 0.05) is 13.2 Å². The van der Waals surface area contributed by atoms with Crippen LogP contribution in [0.4, 0.5) is 5.82 Å². The van der Waals surface area contributed by atoms with Gasteiger partial charge in [0.25, 0.3) is 0 Å². The Morgan fingerprint density at radius 3 is 2.76 bits per heavy atom. The monoisotopic (exact) mass is 293 g/mol. The van der Waals surface area contributed by atoms with Crippen LogP contribution < -0.4 is 5.32 Å². The summed E-state index contributed by atoms with van der Waals surface area (Å²) in [5.41, 5.74) is 1.68. The lowest BCUT2D eigenvalue weighted by Crippen LogP contribution is -2.03. The van der Waals surface area contributed by atoms with Crippen LogP contribution in [0.5, 0.6) is 0 Å². The highest BCUT2D eigenvalue weighted by atomic mass is 79.9. The number of nitrogens with one attached hydrogen (secondary N) is 1. The summed E-state index contributed by atoms with van der Waals surface area (Å²) in [6, 6.07) is 1.79. The number of hydrogen-bond acceptors (Lipinski definition) is 5. The maximum Gasteiger partial charge on any atom is 0.180 e. The van der Waals surface area contributed by atoms with Gasteiger partial charge in [0.15, 0.2) is 5.82 Å². The van der Waals surface area contributed by atoms with Crippen molar-refractivity contribution in [1.82, 2.24) is 19.9 Å². The molecular weight excluding hydrogens is 282 g/mol. The summed E-state index contributed by atoms with van der Waals surface area (Å²) in [6.45, 7) is 2.05. The van der Waals surface area contributed by atoms with Crippen molar-refractivity contribution in [2.24, 2.45) is 0 Å². The number of hydrogen-bond donors (Lipinski definition) is 1. The molecule has 0 saturated heterocycles. The Balaban J connectivity index is 2.56. The van der Waals surface area contributed by atoms with E-state index in [4.69, 9.17) is 0 Å². The van der Waals surface area contributed by atoms with Gasteiger partial charge in [-0.3, -0.25) is 0 Å². The summed E-state index contributed by atoms with van der Waals surface area (Å²) < 4.78 is 0.903. The van der Waals surface area contributed by atoms with Crippen LogP contribution in [0, 0.1) is 0 Å². The molecule has 0 fully saturated rings. The lowest BCUT2D eigenvalue weighted by molar-refractivity contribution is 0.981. The average molecular weight is 294 g/mol. The van der Waals surface area contributed by atoms with E-state index in [0.717, 1.165) is 28.1 Å². The standard InChI is InChI=1S/C11H12BrN5/c1-3-7-9(12)11(13-2)17-10(16-7)8-4-5-14-6-15-8/h4-6H,3H2,1-2H3,(H,13,16,17). The molecule has 0 saturated carbocycles. The van der Waals surface area contributed by atoms with Crippen LogP contribution in [-0.2, 0) is 6.42 Å². The van der Waals surface area contributed by atoms with Gasteiger partial charge in [-0.25, -0.2) is 19.9 Å². The van der Waals surface area contributed by atoms with E-state index in [-0.39, 0.29) is 0 Å². The predicted octanol–water partition coefficient (Wildman–Crippen LogP) is 2.30. The largest absolute Gasteiger partial charge is 0.372 e. The van der Waals surface area contributed by atoms with Crippen molar-refractivity contribution in [3.8, 4) is 11.5 Å². The number of aromatic nitrogens is 4. The minimum Gasteiger partial charge on any atom is -0.372 e. The highest BCUT2D eigenvalue weighted by Crippen LogP contribution is 2.26. The quantitative estimate of drug-likeness (QED) is 0.941. The van der Waals surface area contributed by atoms with E-state index in [1.54, 1.807) is 12.3 Å². The second kappa shape index (κ2) is 5.18. The highest BCUT2D eigenvalue weighted by Gasteiger charge is 2.11. The van der Waals surface area contributed by atoms with Crippen molar-refractivity contribution in [1.29, 1.82) is 0 Å². The van der Waals surface area contributed by atoms with Crippen molar-refractivity contribution in [3.05, 3.63) is 28.8 Å². The van der Waals surface area contributed by atoms with E-state index in [0.29, 0.717) is 5.82 Å². The molecule has 0 spiro atoms. The predicted molar refractivity (Wildman–Crippen MR) is 69.7 cm³/mol. The summed E-state index contributed by atoms with van der Waals surface area (Å²) in [5.74, 6) is 1.38. The molecule has 0 aromatic carbocycles. The first-order chi connectivity index (χ1) is 8.26. The lowest BCUT2D eigenvalue weighted by Gasteiger charge is -2.09. The van der Waals surface area contributed by atoms with E-state index in [2.05, 4.69) is 48.1 Å². The van der Waals surface area contributed by atoms with Gasteiger partial charge in [-0.15, -0.1) is 0 Å². The molecule has 0 aliphatic rings. The molecule has 2 aromatic heterocycles. The summed E-state index contributed by atoms with van der Waals surface area (Å²) in [7, 11) is 1.83. The molecule has 6 heteroatoms. The van der Waals surface area contributed by atoms with Gasteiger partial charge in [-0.1, -0.05) is 6.92 Å². The zero-order valence-electron chi connectivity index (χ0n) is 9.61. The summed E-state index contributed by atoms with van der Waals surface area (Å²) in [6.07, 6.45) is 4.00. The smallest absolute Gasteiger partial charge is 0.180 e. The molecule has 2 aromatic rings. The van der Waals surface area contributed by atoms with Crippen molar-refractivity contribution in [2.45, 2.75) is 13.3 Å². The molecule has 0 amide bonds. The van der Waals surface area contributed by atoms with Crippen molar-refractivity contribution >= 4 is 21.7 Å². The Hall–Kier alpha value is -1.56. The number of rotatable bonds is 3. The molecule has 0 unspecified atom stereocenters. The van der Waals surface area contributed by atoms with Crippen LogP contribution in [0.25, 0.3) is 11.5 Å². The molecule has 5 nitrogen and oxygen atoms in total. The SMILES string of the molecule is CCc1nc(-c2ccncn2)nc(NC)c1Br. The number of nitrogens with zero attached hydrogens (tertiary/aromatic N) is 4. The van der Waals surface area contributed by atoms with E-state index < -0.39 is 0 Å². The van der Waals surface area contributed by atoms with Gasteiger partial charge in [0.2, 0.25) is 0 Å². The third kappa shape index (κ3) is 2.41. The fraction of sp³-hybridized carbons (Fsp3) is 0.273. The summed E-state index contributed by atoms with van der Waals surface area (Å²) >= 11 is 3.49. The first kappa shape index (κ1) is 11.9. The van der Waals surface area contributed by atoms with Gasteiger partial charge in [0.1, 0.15) is 17.8 Å². The Morgan fingerprint density at radius 2 is 2.18 bits per heavy atom. The van der Waals surface area contributed by atoms with Gasteiger partial charge in [-0.05, 0) is 28.4 Å². The topological polar surface area (TPSA) is 63.6 Å². The minimum absolute atomic E-state index is 0.608. The van der Waals surface area contributed by atoms with Gasteiger partial charge in [-0.2, -0.15) is 0 Å². The van der Waals surface area contributed by atoms with Crippen LogP contribution in [0.3, 0.4) is 0 Å². The Morgan fingerprint density at radius 1 is 1.35 bits per heavy atom. The Bertz CT molecular complexity index is 490. The molecule has 2 heterocycles. The van der Waals surface area contributed by atoms with Gasteiger partial charge < -0.3 is 5.32 Å². The van der Waals surface area contributed by atoms with E-state index in [1.165, 1.54) is 6.33 Å². The fourth-order valence-corrected chi connectivity index (χ4v) is 2.09. The van der Waals surface area contributed by atoms with Crippen LogP contribution in [-0.4, -0.2) is 27.0 Å². The van der Waals surface area contributed by atoms with E-state index in [9.17, 15) is 0 Å². The van der Waals surface area contributed by atoms with Crippen molar-refractivity contribution in [3.63, 3.8) is 0 Å². The number of aryl methyl sites for hydroxylation is 1. The molecule has 0 bridgehead atoms. The molecule has 88 valence electrons. The molecule has 2 rings (SSSR count). The maximum absolute atomic E-state index is 4.48. The maximum atomic E-state index is 4.48. The normalized spacial score (nSPS) is 10.3. The molecule has 0 aliphatic heterocycles. The molecule has 1 N–H and O–H groups in total. The zero-order valence-corrected chi connectivity index (χ0v) is 11.2. The Labute approximate surface area is 108 Å². The molecule has 17 heavy (non-hydrogen) atoms. The lowest BCUT2D eigenvalue weighted by atomic mass is 10.3. The molecule has 0 aliphatic carbocycles. The van der Waals surface area contributed by atoms with Crippen LogP contribution in [0.15, 0.2) is 23.1 Å². The van der Waals surface area contributed by atoms with Gasteiger partial charge in [0.05, 0.1) is 10.2 Å².